The maximum Gasteiger partial charge on any atom is 0.0723 e. The molecule has 1 aliphatic rings. The molecule has 18 heavy (non-hydrogen) atoms. The number of morpholine rings is 1. The van der Waals surface area contributed by atoms with Crippen molar-refractivity contribution >= 4 is 16.6 Å². The lowest BCUT2D eigenvalue weighted by molar-refractivity contribution is 0.123. The zero-order valence-electron chi connectivity index (χ0n) is 10.3. The van der Waals surface area contributed by atoms with Crippen molar-refractivity contribution in [2.75, 3.05) is 31.2 Å². The van der Waals surface area contributed by atoms with Gasteiger partial charge in [0.05, 0.1) is 18.7 Å². The summed E-state index contributed by atoms with van der Waals surface area (Å²) in [4.78, 5) is 6.77. The molecule has 0 amide bonds. The van der Waals surface area contributed by atoms with E-state index in [4.69, 9.17) is 10.5 Å². The molecule has 2 aromatic rings. The van der Waals surface area contributed by atoms with E-state index < -0.39 is 0 Å². The number of ether oxygens (including phenoxy) is 1. The van der Waals surface area contributed by atoms with Crippen LogP contribution < -0.4 is 10.6 Å². The first-order chi connectivity index (χ1) is 8.88. The van der Waals surface area contributed by atoms with Gasteiger partial charge in [-0.3, -0.25) is 4.98 Å². The van der Waals surface area contributed by atoms with E-state index in [1.54, 1.807) is 0 Å². The van der Waals surface area contributed by atoms with Gasteiger partial charge in [0.25, 0.3) is 0 Å². The quantitative estimate of drug-likeness (QED) is 0.869. The highest BCUT2D eigenvalue weighted by Gasteiger charge is 2.14. The van der Waals surface area contributed by atoms with Crippen molar-refractivity contribution < 1.29 is 4.74 Å². The third-order valence-corrected chi connectivity index (χ3v) is 3.37. The van der Waals surface area contributed by atoms with Crippen LogP contribution in [-0.4, -0.2) is 31.3 Å². The maximum absolute atomic E-state index is 5.72. The van der Waals surface area contributed by atoms with Crippen molar-refractivity contribution in [2.24, 2.45) is 5.73 Å². The molecule has 1 fully saturated rings. The van der Waals surface area contributed by atoms with Gasteiger partial charge < -0.3 is 15.4 Å². The topological polar surface area (TPSA) is 51.4 Å². The molecule has 94 valence electrons. The zero-order chi connectivity index (χ0) is 12.4. The lowest BCUT2D eigenvalue weighted by Gasteiger charge is -2.29. The number of fused-ring (bicyclic) bond motifs is 1. The van der Waals surface area contributed by atoms with Gasteiger partial charge >= 0.3 is 0 Å². The highest BCUT2D eigenvalue weighted by atomic mass is 16.5. The Bertz CT molecular complexity index is 550. The number of hydrogen-bond acceptors (Lipinski definition) is 4. The number of pyridine rings is 1. The Morgan fingerprint density at radius 3 is 2.83 bits per heavy atom. The molecule has 1 aliphatic heterocycles. The Labute approximate surface area is 106 Å². The highest BCUT2D eigenvalue weighted by Crippen LogP contribution is 2.26. The Hall–Kier alpha value is -1.65. The lowest BCUT2D eigenvalue weighted by Crippen LogP contribution is -2.36. The second-order valence-corrected chi connectivity index (χ2v) is 4.49. The number of rotatable bonds is 2. The molecule has 4 heteroatoms. The van der Waals surface area contributed by atoms with Crippen LogP contribution >= 0.6 is 0 Å². The predicted octanol–water partition coefficient (Wildman–Crippen LogP) is 1.53. The molecular weight excluding hydrogens is 226 g/mol. The molecule has 0 aliphatic carbocycles. The van der Waals surface area contributed by atoms with Gasteiger partial charge in [-0.1, -0.05) is 6.07 Å². The van der Waals surface area contributed by atoms with Gasteiger partial charge in [0.15, 0.2) is 0 Å². The standard InChI is InChI=1S/C14H17N3O/c15-10-11-1-2-13-12(9-11)14(3-4-16-13)17-5-7-18-8-6-17/h1-4,9H,5-8,10,15H2. The largest absolute Gasteiger partial charge is 0.378 e. The molecule has 1 saturated heterocycles. The number of nitrogens with two attached hydrogens (primary N) is 1. The Morgan fingerprint density at radius 2 is 2.06 bits per heavy atom. The molecule has 2 heterocycles. The van der Waals surface area contributed by atoms with E-state index in [-0.39, 0.29) is 0 Å². The van der Waals surface area contributed by atoms with Crippen LogP contribution in [0.1, 0.15) is 5.56 Å². The van der Waals surface area contributed by atoms with Crippen LogP contribution in [0.2, 0.25) is 0 Å². The second kappa shape index (κ2) is 4.92. The van der Waals surface area contributed by atoms with Gasteiger partial charge in [-0.05, 0) is 23.8 Å². The average molecular weight is 243 g/mol. The number of benzene rings is 1. The zero-order valence-corrected chi connectivity index (χ0v) is 10.3. The normalized spacial score (nSPS) is 16.2. The van der Waals surface area contributed by atoms with Crippen LogP contribution in [0.4, 0.5) is 5.69 Å². The molecule has 0 unspecified atom stereocenters. The summed E-state index contributed by atoms with van der Waals surface area (Å²) in [5, 5.41) is 1.18. The molecule has 2 N–H and O–H groups in total. The summed E-state index contributed by atoms with van der Waals surface area (Å²) >= 11 is 0. The fourth-order valence-corrected chi connectivity index (χ4v) is 2.39. The first-order valence-corrected chi connectivity index (χ1v) is 6.29. The highest BCUT2D eigenvalue weighted by molar-refractivity contribution is 5.92. The lowest BCUT2D eigenvalue weighted by atomic mass is 10.1. The minimum atomic E-state index is 0.563. The van der Waals surface area contributed by atoms with Gasteiger partial charge in [0.1, 0.15) is 0 Å². The molecule has 0 saturated carbocycles. The fraction of sp³-hybridized carbons (Fsp3) is 0.357. The molecule has 1 aromatic carbocycles. The van der Waals surface area contributed by atoms with E-state index in [9.17, 15) is 0 Å². The molecular formula is C14H17N3O. The van der Waals surface area contributed by atoms with Crippen LogP contribution in [0.3, 0.4) is 0 Å². The average Bonchev–Trinajstić information content (AvgIpc) is 2.47. The van der Waals surface area contributed by atoms with Gasteiger partial charge in [0, 0.05) is 36.9 Å². The van der Waals surface area contributed by atoms with Crippen LogP contribution in [0.25, 0.3) is 10.9 Å². The number of hydrogen-bond donors (Lipinski definition) is 1. The van der Waals surface area contributed by atoms with E-state index >= 15 is 0 Å². The van der Waals surface area contributed by atoms with E-state index in [2.05, 4.69) is 22.0 Å². The number of nitrogens with zero attached hydrogens (tertiary/aromatic N) is 2. The van der Waals surface area contributed by atoms with Crippen LogP contribution in [-0.2, 0) is 11.3 Å². The van der Waals surface area contributed by atoms with Crippen LogP contribution in [0.5, 0.6) is 0 Å². The summed E-state index contributed by atoms with van der Waals surface area (Å²) in [5.74, 6) is 0. The summed E-state index contributed by atoms with van der Waals surface area (Å²) in [7, 11) is 0. The Morgan fingerprint density at radius 1 is 1.22 bits per heavy atom. The maximum atomic E-state index is 5.72. The Kier molecular flexibility index (Phi) is 3.13. The molecule has 0 atom stereocenters. The van der Waals surface area contributed by atoms with Crippen molar-refractivity contribution in [3.05, 3.63) is 36.0 Å². The van der Waals surface area contributed by atoms with Gasteiger partial charge in [-0.15, -0.1) is 0 Å². The minimum absolute atomic E-state index is 0.563. The third-order valence-electron chi connectivity index (χ3n) is 3.37. The van der Waals surface area contributed by atoms with E-state index in [1.807, 2.05) is 18.3 Å². The summed E-state index contributed by atoms with van der Waals surface area (Å²) in [6.45, 7) is 4.02. The summed E-state index contributed by atoms with van der Waals surface area (Å²) in [6, 6.07) is 8.31. The number of aromatic nitrogens is 1. The second-order valence-electron chi connectivity index (χ2n) is 4.49. The summed E-state index contributed by atoms with van der Waals surface area (Å²) in [6.07, 6.45) is 1.87. The van der Waals surface area contributed by atoms with Crippen molar-refractivity contribution in [1.82, 2.24) is 4.98 Å². The van der Waals surface area contributed by atoms with E-state index in [0.29, 0.717) is 6.54 Å². The van der Waals surface area contributed by atoms with Crippen LogP contribution in [0, 0.1) is 0 Å². The van der Waals surface area contributed by atoms with Crippen molar-refractivity contribution in [2.45, 2.75) is 6.54 Å². The first-order valence-electron chi connectivity index (χ1n) is 6.29. The first kappa shape index (κ1) is 11.4. The molecule has 0 bridgehead atoms. The van der Waals surface area contributed by atoms with Gasteiger partial charge in [-0.2, -0.15) is 0 Å². The Balaban J connectivity index is 2.09. The minimum Gasteiger partial charge on any atom is -0.378 e. The molecule has 0 radical (unpaired) electrons. The number of anilines is 1. The predicted molar refractivity (Wildman–Crippen MR) is 72.7 cm³/mol. The van der Waals surface area contributed by atoms with E-state index in [0.717, 1.165) is 37.4 Å². The van der Waals surface area contributed by atoms with Crippen molar-refractivity contribution in [1.29, 1.82) is 0 Å². The molecule has 0 spiro atoms. The van der Waals surface area contributed by atoms with Gasteiger partial charge in [-0.25, -0.2) is 0 Å². The van der Waals surface area contributed by atoms with Crippen molar-refractivity contribution in [3.63, 3.8) is 0 Å². The molecule has 1 aromatic heterocycles. The van der Waals surface area contributed by atoms with Crippen LogP contribution in [0.15, 0.2) is 30.5 Å². The monoisotopic (exact) mass is 243 g/mol. The van der Waals surface area contributed by atoms with E-state index in [1.165, 1.54) is 11.1 Å². The fourth-order valence-electron chi connectivity index (χ4n) is 2.39. The third kappa shape index (κ3) is 2.05. The summed E-state index contributed by atoms with van der Waals surface area (Å²) in [5.41, 5.74) is 9.12. The van der Waals surface area contributed by atoms with Crippen molar-refractivity contribution in [3.8, 4) is 0 Å². The molecule has 3 rings (SSSR count). The summed E-state index contributed by atoms with van der Waals surface area (Å²) < 4.78 is 5.40. The van der Waals surface area contributed by atoms with Gasteiger partial charge in [0.2, 0.25) is 0 Å². The SMILES string of the molecule is NCc1ccc2nccc(N3CCOCC3)c2c1. The smallest absolute Gasteiger partial charge is 0.0723 e. The molecule has 4 nitrogen and oxygen atoms in total.